The maximum Gasteiger partial charge on any atom is 0.185 e. The van der Waals surface area contributed by atoms with Crippen LogP contribution in [0, 0.1) is 3.70 Å². The van der Waals surface area contributed by atoms with Gasteiger partial charge in [-0.2, -0.15) is 0 Å². The van der Waals surface area contributed by atoms with Crippen LogP contribution in [-0.4, -0.2) is 16.3 Å². The maximum atomic E-state index is 9.92. The van der Waals surface area contributed by atoms with E-state index in [9.17, 15) is 4.79 Å². The van der Waals surface area contributed by atoms with Gasteiger partial charge < -0.3 is 4.98 Å². The van der Waals surface area contributed by atoms with Gasteiger partial charge in [-0.15, -0.1) is 0 Å². The van der Waals surface area contributed by atoms with Crippen molar-refractivity contribution < 1.29 is 4.79 Å². The molecule has 42 valence electrons. The highest BCUT2D eigenvalue weighted by Gasteiger charge is 1.91. The van der Waals surface area contributed by atoms with Crippen LogP contribution >= 0.6 is 22.6 Å². The van der Waals surface area contributed by atoms with Crippen molar-refractivity contribution in [3.8, 4) is 0 Å². The number of aromatic amines is 1. The summed E-state index contributed by atoms with van der Waals surface area (Å²) in [7, 11) is 0. The van der Waals surface area contributed by atoms with Crippen molar-refractivity contribution in [3.05, 3.63) is 15.7 Å². The minimum Gasteiger partial charge on any atom is -0.331 e. The topological polar surface area (TPSA) is 45.8 Å². The van der Waals surface area contributed by atoms with Crippen LogP contribution in [0.5, 0.6) is 0 Å². The van der Waals surface area contributed by atoms with Gasteiger partial charge >= 0.3 is 0 Å². The molecule has 1 aromatic rings. The quantitative estimate of drug-likeness (QED) is 0.564. The summed E-state index contributed by atoms with van der Waals surface area (Å²) in [4.78, 5) is 16.4. The molecule has 4 heteroatoms. The lowest BCUT2D eigenvalue weighted by Gasteiger charge is -1.72. The van der Waals surface area contributed by atoms with Crippen LogP contribution in [0.4, 0.5) is 0 Å². The zero-order chi connectivity index (χ0) is 5.98. The van der Waals surface area contributed by atoms with Crippen molar-refractivity contribution in [2.75, 3.05) is 0 Å². The molecule has 0 aliphatic carbocycles. The fraction of sp³-hybridized carbons (Fsp3) is 0. The van der Waals surface area contributed by atoms with E-state index in [1.165, 1.54) is 0 Å². The average Bonchev–Trinajstić information content (AvgIpc) is 2.14. The van der Waals surface area contributed by atoms with Gasteiger partial charge in [0, 0.05) is 0 Å². The summed E-state index contributed by atoms with van der Waals surface area (Å²) in [5.74, 6) is 0.384. The molecule has 0 saturated heterocycles. The first kappa shape index (κ1) is 5.74. The normalized spacial score (nSPS) is 9.12. The van der Waals surface area contributed by atoms with Crippen molar-refractivity contribution >= 4 is 28.9 Å². The van der Waals surface area contributed by atoms with Gasteiger partial charge in [0.1, 0.15) is 0 Å². The Morgan fingerprint density at radius 1 is 1.88 bits per heavy atom. The summed E-state index contributed by atoms with van der Waals surface area (Å²) in [6.07, 6.45) is 2.28. The largest absolute Gasteiger partial charge is 0.331 e. The lowest BCUT2D eigenvalue weighted by atomic mass is 10.7. The lowest BCUT2D eigenvalue weighted by molar-refractivity contribution is 0.111. The van der Waals surface area contributed by atoms with E-state index in [1.807, 2.05) is 22.6 Å². The molecule has 1 rings (SSSR count). The molecule has 0 aromatic carbocycles. The number of carbonyl (C=O) groups excluding carboxylic acids is 1. The van der Waals surface area contributed by atoms with Crippen LogP contribution in [0.2, 0.25) is 0 Å². The van der Waals surface area contributed by atoms with E-state index < -0.39 is 0 Å². The molecule has 8 heavy (non-hydrogen) atoms. The maximum absolute atomic E-state index is 9.92. The molecule has 1 N–H and O–H groups in total. The summed E-state index contributed by atoms with van der Waals surface area (Å²) in [5, 5.41) is 0. The Morgan fingerprint density at radius 2 is 2.62 bits per heavy atom. The molecule has 0 aliphatic rings. The van der Waals surface area contributed by atoms with Crippen LogP contribution in [0.25, 0.3) is 0 Å². The molecule has 0 saturated carbocycles. The van der Waals surface area contributed by atoms with Gasteiger partial charge in [0.15, 0.2) is 12.1 Å². The molecule has 0 bridgehead atoms. The Hall–Kier alpha value is -0.390. The predicted octanol–water partition coefficient (Wildman–Crippen LogP) is 0.827. The molecule has 0 aliphatic heterocycles. The number of hydrogen-bond donors (Lipinski definition) is 1. The molecule has 0 atom stereocenters. The average molecular weight is 222 g/mol. The molecule has 0 amide bonds. The summed E-state index contributed by atoms with van der Waals surface area (Å²) in [5.41, 5.74) is 0. The Labute approximate surface area is 59.6 Å². The van der Waals surface area contributed by atoms with Crippen LogP contribution < -0.4 is 0 Å². The van der Waals surface area contributed by atoms with E-state index in [0.29, 0.717) is 12.1 Å². The van der Waals surface area contributed by atoms with Crippen molar-refractivity contribution in [2.24, 2.45) is 0 Å². The standard InChI is InChI=1S/C4H3IN2O/c5-3-1-6-4(2-8)7-3/h1-2H,(H,6,7). The summed E-state index contributed by atoms with van der Waals surface area (Å²) in [6, 6.07) is 0. The summed E-state index contributed by atoms with van der Waals surface area (Å²) < 4.78 is 0.879. The Morgan fingerprint density at radius 3 is 2.88 bits per heavy atom. The van der Waals surface area contributed by atoms with Gasteiger partial charge in [-0.1, -0.05) is 0 Å². The third-order valence-corrected chi connectivity index (χ3v) is 1.22. The molecule has 3 nitrogen and oxygen atoms in total. The van der Waals surface area contributed by atoms with E-state index in [2.05, 4.69) is 9.97 Å². The predicted molar refractivity (Wildman–Crippen MR) is 36.7 cm³/mol. The fourth-order valence-electron chi connectivity index (χ4n) is 0.373. The minimum atomic E-state index is 0.384. The van der Waals surface area contributed by atoms with Crippen molar-refractivity contribution in [1.82, 2.24) is 9.97 Å². The SMILES string of the molecule is O=Cc1ncc(I)[nH]1. The number of aromatic nitrogens is 2. The van der Waals surface area contributed by atoms with E-state index in [4.69, 9.17) is 0 Å². The monoisotopic (exact) mass is 222 g/mol. The lowest BCUT2D eigenvalue weighted by Crippen LogP contribution is -1.79. The first-order valence-corrected chi connectivity index (χ1v) is 3.06. The van der Waals surface area contributed by atoms with Crippen LogP contribution in [0.15, 0.2) is 6.20 Å². The molecule has 0 fully saturated rings. The second kappa shape index (κ2) is 2.25. The number of rotatable bonds is 1. The van der Waals surface area contributed by atoms with Crippen LogP contribution in [-0.2, 0) is 0 Å². The van der Waals surface area contributed by atoms with Gasteiger partial charge in [-0.05, 0) is 22.6 Å². The van der Waals surface area contributed by atoms with E-state index in [-0.39, 0.29) is 0 Å². The highest BCUT2D eigenvalue weighted by Crippen LogP contribution is 1.96. The molecular formula is C4H3IN2O. The summed E-state index contributed by atoms with van der Waals surface area (Å²) in [6.45, 7) is 0. The number of hydrogen-bond acceptors (Lipinski definition) is 2. The van der Waals surface area contributed by atoms with Gasteiger partial charge in [-0.3, -0.25) is 4.79 Å². The van der Waals surface area contributed by atoms with E-state index in [1.54, 1.807) is 6.20 Å². The van der Waals surface area contributed by atoms with Crippen LogP contribution in [0.3, 0.4) is 0 Å². The van der Waals surface area contributed by atoms with E-state index >= 15 is 0 Å². The second-order valence-corrected chi connectivity index (χ2v) is 2.40. The third kappa shape index (κ3) is 1.06. The van der Waals surface area contributed by atoms with Gasteiger partial charge in [0.25, 0.3) is 0 Å². The van der Waals surface area contributed by atoms with Gasteiger partial charge in [0.2, 0.25) is 0 Å². The Bertz CT molecular complexity index is 196. The van der Waals surface area contributed by atoms with Crippen molar-refractivity contribution in [1.29, 1.82) is 0 Å². The second-order valence-electron chi connectivity index (χ2n) is 1.23. The number of aldehydes is 1. The summed E-state index contributed by atoms with van der Waals surface area (Å²) >= 11 is 2.05. The molecule has 1 heterocycles. The third-order valence-electron chi connectivity index (χ3n) is 0.676. The number of halogens is 1. The molecular weight excluding hydrogens is 219 g/mol. The molecule has 0 unspecified atom stereocenters. The van der Waals surface area contributed by atoms with Crippen molar-refractivity contribution in [2.45, 2.75) is 0 Å². The van der Waals surface area contributed by atoms with Gasteiger partial charge in [-0.25, -0.2) is 4.98 Å². The first-order valence-electron chi connectivity index (χ1n) is 1.98. The van der Waals surface area contributed by atoms with Crippen molar-refractivity contribution in [3.63, 3.8) is 0 Å². The highest BCUT2D eigenvalue weighted by atomic mass is 127. The number of nitrogens with one attached hydrogen (secondary N) is 1. The zero-order valence-electron chi connectivity index (χ0n) is 3.89. The van der Waals surface area contributed by atoms with E-state index in [0.717, 1.165) is 3.70 Å². The minimum absolute atomic E-state index is 0.384. The smallest absolute Gasteiger partial charge is 0.185 e. The fourth-order valence-corrected chi connectivity index (χ4v) is 0.789. The first-order chi connectivity index (χ1) is 3.83. The number of carbonyl (C=O) groups is 1. The Balaban J connectivity index is 3.00. The molecule has 0 radical (unpaired) electrons. The number of imidazole rings is 1. The van der Waals surface area contributed by atoms with Crippen LogP contribution in [0.1, 0.15) is 10.6 Å². The zero-order valence-corrected chi connectivity index (χ0v) is 6.05. The highest BCUT2D eigenvalue weighted by molar-refractivity contribution is 14.1. The molecule has 1 aromatic heterocycles. The molecule has 0 spiro atoms. The Kier molecular flexibility index (Phi) is 1.62. The number of nitrogens with zero attached hydrogens (tertiary/aromatic N) is 1. The number of H-pyrrole nitrogens is 1. The van der Waals surface area contributed by atoms with Gasteiger partial charge in [0.05, 0.1) is 9.90 Å².